The highest BCUT2D eigenvalue weighted by molar-refractivity contribution is 5.81. The lowest BCUT2D eigenvalue weighted by Crippen LogP contribution is -2.45. The van der Waals surface area contributed by atoms with E-state index in [2.05, 4.69) is 0 Å². The van der Waals surface area contributed by atoms with Gasteiger partial charge in [0.1, 0.15) is 0 Å². The maximum Gasteiger partial charge on any atom is 0.239 e. The quantitative estimate of drug-likeness (QED) is 0.802. The minimum Gasteiger partial charge on any atom is -0.343 e. The second kappa shape index (κ2) is 7.13. The molecule has 0 spiro atoms. The predicted octanol–water partition coefficient (Wildman–Crippen LogP) is 0.576. The van der Waals surface area contributed by atoms with Crippen molar-refractivity contribution in [3.05, 3.63) is 35.9 Å². The molecular formula is C14H23N3O. The third-order valence-corrected chi connectivity index (χ3v) is 2.87. The predicted molar refractivity (Wildman–Crippen MR) is 74.3 cm³/mol. The van der Waals surface area contributed by atoms with E-state index in [-0.39, 0.29) is 5.91 Å². The fourth-order valence-corrected chi connectivity index (χ4v) is 1.70. The van der Waals surface area contributed by atoms with E-state index in [4.69, 9.17) is 5.73 Å². The lowest BCUT2D eigenvalue weighted by Gasteiger charge is -2.23. The topological polar surface area (TPSA) is 49.6 Å². The van der Waals surface area contributed by atoms with E-state index in [1.165, 1.54) is 0 Å². The SMILES string of the molecule is CN(C)CCN(C)C(=O)C(N)Cc1ccccc1. The second-order valence-electron chi connectivity index (χ2n) is 4.86. The fraction of sp³-hybridized carbons (Fsp3) is 0.500. The number of hydrogen-bond donors (Lipinski definition) is 1. The Balaban J connectivity index is 2.46. The van der Waals surface area contributed by atoms with Gasteiger partial charge in [-0.2, -0.15) is 0 Å². The van der Waals surface area contributed by atoms with Crippen LogP contribution in [-0.2, 0) is 11.2 Å². The molecule has 1 rings (SSSR count). The third-order valence-electron chi connectivity index (χ3n) is 2.87. The molecule has 2 N–H and O–H groups in total. The second-order valence-corrected chi connectivity index (χ2v) is 4.86. The van der Waals surface area contributed by atoms with Crippen LogP contribution in [0.1, 0.15) is 5.56 Å². The molecule has 100 valence electrons. The summed E-state index contributed by atoms with van der Waals surface area (Å²) in [6, 6.07) is 9.41. The highest BCUT2D eigenvalue weighted by Crippen LogP contribution is 2.03. The molecule has 0 aliphatic heterocycles. The van der Waals surface area contributed by atoms with Crippen LogP contribution in [0.3, 0.4) is 0 Å². The minimum absolute atomic E-state index is 0.000651. The first-order valence-electron chi connectivity index (χ1n) is 6.20. The van der Waals surface area contributed by atoms with Crippen molar-refractivity contribution >= 4 is 5.91 Å². The van der Waals surface area contributed by atoms with E-state index in [1.807, 2.05) is 49.3 Å². The summed E-state index contributed by atoms with van der Waals surface area (Å²) in [6.45, 7) is 1.55. The lowest BCUT2D eigenvalue weighted by molar-refractivity contribution is -0.131. The van der Waals surface area contributed by atoms with Gasteiger partial charge in [0.15, 0.2) is 0 Å². The van der Waals surface area contributed by atoms with Crippen LogP contribution in [0.25, 0.3) is 0 Å². The molecule has 1 amide bonds. The van der Waals surface area contributed by atoms with Gasteiger partial charge in [-0.1, -0.05) is 30.3 Å². The third kappa shape index (κ3) is 4.85. The molecule has 0 saturated heterocycles. The Kier molecular flexibility index (Phi) is 5.82. The van der Waals surface area contributed by atoms with Crippen LogP contribution >= 0.6 is 0 Å². The Bertz CT molecular complexity index is 365. The van der Waals surface area contributed by atoms with Crippen LogP contribution in [0.5, 0.6) is 0 Å². The first kappa shape index (κ1) is 14.7. The van der Waals surface area contributed by atoms with Crippen molar-refractivity contribution in [3.8, 4) is 0 Å². The van der Waals surface area contributed by atoms with Gasteiger partial charge < -0.3 is 15.5 Å². The van der Waals surface area contributed by atoms with Crippen molar-refractivity contribution in [1.82, 2.24) is 9.80 Å². The van der Waals surface area contributed by atoms with Gasteiger partial charge in [-0.15, -0.1) is 0 Å². The van der Waals surface area contributed by atoms with E-state index >= 15 is 0 Å². The number of nitrogens with two attached hydrogens (primary N) is 1. The van der Waals surface area contributed by atoms with Crippen LogP contribution in [0.2, 0.25) is 0 Å². The molecule has 18 heavy (non-hydrogen) atoms. The highest BCUT2D eigenvalue weighted by Gasteiger charge is 2.18. The first-order valence-corrected chi connectivity index (χ1v) is 6.20. The van der Waals surface area contributed by atoms with Crippen LogP contribution in [0.15, 0.2) is 30.3 Å². The molecule has 4 nitrogen and oxygen atoms in total. The summed E-state index contributed by atoms with van der Waals surface area (Å²) in [5.41, 5.74) is 7.05. The molecule has 0 saturated carbocycles. The summed E-state index contributed by atoms with van der Waals surface area (Å²) in [4.78, 5) is 15.8. The molecule has 0 bridgehead atoms. The summed E-state index contributed by atoms with van der Waals surface area (Å²) in [5.74, 6) is 0.000651. The number of rotatable bonds is 6. The van der Waals surface area contributed by atoms with Gasteiger partial charge in [0.25, 0.3) is 0 Å². The molecule has 0 aliphatic carbocycles. The Morgan fingerprint density at radius 1 is 1.17 bits per heavy atom. The van der Waals surface area contributed by atoms with Crippen LogP contribution < -0.4 is 5.73 Å². The van der Waals surface area contributed by atoms with Crippen molar-refractivity contribution in [2.75, 3.05) is 34.2 Å². The molecule has 0 fully saturated rings. The average Bonchev–Trinajstić information content (AvgIpc) is 2.36. The van der Waals surface area contributed by atoms with Crippen LogP contribution in [0.4, 0.5) is 0 Å². The van der Waals surface area contributed by atoms with Gasteiger partial charge in [0.05, 0.1) is 6.04 Å². The molecule has 4 heteroatoms. The van der Waals surface area contributed by atoms with E-state index < -0.39 is 6.04 Å². The minimum atomic E-state index is -0.459. The zero-order chi connectivity index (χ0) is 13.5. The Labute approximate surface area is 109 Å². The fourth-order valence-electron chi connectivity index (χ4n) is 1.70. The number of benzene rings is 1. The van der Waals surface area contributed by atoms with E-state index in [0.29, 0.717) is 13.0 Å². The summed E-state index contributed by atoms with van der Waals surface area (Å²) in [7, 11) is 5.78. The van der Waals surface area contributed by atoms with E-state index in [0.717, 1.165) is 12.1 Å². The van der Waals surface area contributed by atoms with Gasteiger partial charge in [0, 0.05) is 20.1 Å². The maximum absolute atomic E-state index is 12.0. The van der Waals surface area contributed by atoms with E-state index in [1.54, 1.807) is 11.9 Å². The van der Waals surface area contributed by atoms with Crippen LogP contribution in [-0.4, -0.2) is 56.0 Å². The molecule has 0 heterocycles. The van der Waals surface area contributed by atoms with Crippen molar-refractivity contribution in [1.29, 1.82) is 0 Å². The monoisotopic (exact) mass is 249 g/mol. The van der Waals surface area contributed by atoms with E-state index in [9.17, 15) is 4.79 Å². The van der Waals surface area contributed by atoms with Crippen LogP contribution in [0, 0.1) is 0 Å². The van der Waals surface area contributed by atoms with Gasteiger partial charge in [0.2, 0.25) is 5.91 Å². The number of carbonyl (C=O) groups excluding carboxylic acids is 1. The van der Waals surface area contributed by atoms with Gasteiger partial charge in [-0.3, -0.25) is 4.79 Å². The molecule has 0 radical (unpaired) electrons. The van der Waals surface area contributed by atoms with Crippen molar-refractivity contribution < 1.29 is 4.79 Å². The largest absolute Gasteiger partial charge is 0.343 e. The summed E-state index contributed by atoms with van der Waals surface area (Å²) < 4.78 is 0. The molecule has 1 atom stereocenters. The smallest absolute Gasteiger partial charge is 0.239 e. The number of likely N-dealkylation sites (N-methyl/N-ethyl adjacent to an activating group) is 2. The normalized spacial score (nSPS) is 12.5. The van der Waals surface area contributed by atoms with Crippen molar-refractivity contribution in [2.24, 2.45) is 5.73 Å². The number of amides is 1. The molecule has 0 aromatic heterocycles. The lowest BCUT2D eigenvalue weighted by atomic mass is 10.1. The van der Waals surface area contributed by atoms with Gasteiger partial charge in [-0.25, -0.2) is 0 Å². The number of carbonyl (C=O) groups is 1. The Morgan fingerprint density at radius 2 is 1.78 bits per heavy atom. The summed E-state index contributed by atoms with van der Waals surface area (Å²) >= 11 is 0. The average molecular weight is 249 g/mol. The number of hydrogen-bond acceptors (Lipinski definition) is 3. The maximum atomic E-state index is 12.0. The van der Waals surface area contributed by atoms with Crippen molar-refractivity contribution in [2.45, 2.75) is 12.5 Å². The molecule has 1 aromatic carbocycles. The zero-order valence-electron chi connectivity index (χ0n) is 11.5. The first-order chi connectivity index (χ1) is 8.50. The summed E-state index contributed by atoms with van der Waals surface area (Å²) in [6.07, 6.45) is 0.589. The Hall–Kier alpha value is -1.39. The highest BCUT2D eigenvalue weighted by atomic mass is 16.2. The molecular weight excluding hydrogens is 226 g/mol. The molecule has 1 aromatic rings. The van der Waals surface area contributed by atoms with Gasteiger partial charge >= 0.3 is 0 Å². The number of nitrogens with zero attached hydrogens (tertiary/aromatic N) is 2. The van der Waals surface area contributed by atoms with Crippen molar-refractivity contribution in [3.63, 3.8) is 0 Å². The summed E-state index contributed by atoms with van der Waals surface area (Å²) in [5, 5.41) is 0. The zero-order valence-corrected chi connectivity index (χ0v) is 11.5. The Morgan fingerprint density at radius 3 is 2.33 bits per heavy atom. The van der Waals surface area contributed by atoms with Gasteiger partial charge in [-0.05, 0) is 26.1 Å². The standard InChI is InChI=1S/C14H23N3O/c1-16(2)9-10-17(3)14(18)13(15)11-12-7-5-4-6-8-12/h4-8,13H,9-11,15H2,1-3H3. The molecule has 1 unspecified atom stereocenters. The molecule has 0 aliphatic rings.